The van der Waals surface area contributed by atoms with Crippen LogP contribution in [0, 0.1) is 35.0 Å². The smallest absolute Gasteiger partial charge is 0.0744 e. The van der Waals surface area contributed by atoms with Crippen molar-refractivity contribution in [3.8, 4) is 0 Å². The molecule has 2 heteroatoms. The summed E-state index contributed by atoms with van der Waals surface area (Å²) >= 11 is 4.94. The average Bonchev–Trinajstić information content (AvgIpc) is 2.36. The van der Waals surface area contributed by atoms with Gasteiger partial charge in [0.25, 0.3) is 0 Å². The molecule has 100 valence electrons. The first-order valence-electron chi connectivity index (χ1n) is 7.50. The van der Waals surface area contributed by atoms with Crippen molar-refractivity contribution >= 4 is 17.4 Å². The predicted molar refractivity (Wildman–Crippen MR) is 78.8 cm³/mol. The van der Waals surface area contributed by atoms with Gasteiger partial charge in [0.2, 0.25) is 0 Å². The van der Waals surface area contributed by atoms with E-state index >= 15 is 0 Å². The highest BCUT2D eigenvalue weighted by molar-refractivity contribution is 7.78. The number of nitrogens with zero attached hydrogens (tertiary/aromatic N) is 1. The molecule has 0 spiro atoms. The second-order valence-corrected chi connectivity index (χ2v) is 8.06. The van der Waals surface area contributed by atoms with Gasteiger partial charge in [-0.3, -0.25) is 0 Å². The van der Waals surface area contributed by atoms with E-state index < -0.39 is 0 Å². The highest BCUT2D eigenvalue weighted by Crippen LogP contribution is 2.69. The Bertz CT molecular complexity index is 411. The molecule has 3 saturated carbocycles. The predicted octanol–water partition coefficient (Wildman–Crippen LogP) is 4.58. The van der Waals surface area contributed by atoms with E-state index in [2.05, 4.69) is 37.8 Å². The van der Waals surface area contributed by atoms with Gasteiger partial charge in [-0.15, -0.1) is 0 Å². The Morgan fingerprint density at radius 2 is 1.94 bits per heavy atom. The molecule has 0 heterocycles. The van der Waals surface area contributed by atoms with Crippen LogP contribution in [0.25, 0.3) is 0 Å². The molecule has 0 amide bonds. The van der Waals surface area contributed by atoms with Crippen molar-refractivity contribution in [2.75, 3.05) is 0 Å². The molecule has 0 N–H and O–H groups in total. The molecule has 1 nitrogen and oxygen atoms in total. The van der Waals surface area contributed by atoms with Gasteiger partial charge in [-0.1, -0.05) is 20.8 Å². The van der Waals surface area contributed by atoms with Gasteiger partial charge >= 0.3 is 0 Å². The second kappa shape index (κ2) is 3.90. The van der Waals surface area contributed by atoms with E-state index in [4.69, 9.17) is 12.2 Å². The monoisotopic (exact) mass is 263 g/mol. The maximum atomic E-state index is 4.94. The van der Waals surface area contributed by atoms with Crippen molar-refractivity contribution in [2.24, 2.45) is 40.0 Å². The van der Waals surface area contributed by atoms with Gasteiger partial charge < -0.3 is 0 Å². The normalized spacial score (nSPS) is 53.6. The third-order valence-electron chi connectivity index (χ3n) is 6.66. The number of fused-ring (bicyclic) bond motifs is 2. The summed E-state index contributed by atoms with van der Waals surface area (Å²) < 4.78 is 0. The largest absolute Gasteiger partial charge is 0.225 e. The number of isothiocyanates is 1. The quantitative estimate of drug-likeness (QED) is 0.525. The Hall–Kier alpha value is -0.200. The highest BCUT2D eigenvalue weighted by atomic mass is 32.1. The van der Waals surface area contributed by atoms with E-state index in [9.17, 15) is 0 Å². The molecule has 0 aliphatic heterocycles. The summed E-state index contributed by atoms with van der Waals surface area (Å²) in [5, 5.41) is 2.72. The summed E-state index contributed by atoms with van der Waals surface area (Å²) in [6.07, 6.45) is 5.55. The second-order valence-electron chi connectivity index (χ2n) is 7.88. The van der Waals surface area contributed by atoms with Crippen LogP contribution < -0.4 is 0 Å². The summed E-state index contributed by atoms with van der Waals surface area (Å²) in [5.74, 6) is 4.15. The summed E-state index contributed by atoms with van der Waals surface area (Å²) in [6, 6.07) is 0. The topological polar surface area (TPSA) is 12.4 Å². The van der Waals surface area contributed by atoms with Crippen LogP contribution in [0.4, 0.5) is 0 Å². The van der Waals surface area contributed by atoms with Gasteiger partial charge in [0.15, 0.2) is 0 Å². The van der Waals surface area contributed by atoms with E-state index in [1.54, 1.807) is 0 Å². The molecule has 3 aliphatic carbocycles. The van der Waals surface area contributed by atoms with Gasteiger partial charge in [0.1, 0.15) is 0 Å². The molecule has 2 unspecified atom stereocenters. The van der Waals surface area contributed by atoms with E-state index in [0.717, 1.165) is 29.6 Å². The number of thiocarbonyl (C=S) groups is 1. The Kier molecular flexibility index (Phi) is 2.78. The maximum absolute atomic E-state index is 4.94. The molecule has 3 fully saturated rings. The maximum Gasteiger partial charge on any atom is 0.0744 e. The lowest BCUT2D eigenvalue weighted by atomic mass is 9.56. The summed E-state index contributed by atoms with van der Waals surface area (Å²) in [7, 11) is 0. The average molecular weight is 263 g/mol. The minimum Gasteiger partial charge on any atom is -0.225 e. The number of aliphatic imine (C=N–C) groups is 1. The van der Waals surface area contributed by atoms with Gasteiger partial charge in [-0.05, 0) is 79.8 Å². The first kappa shape index (κ1) is 12.8. The van der Waals surface area contributed by atoms with Crippen LogP contribution in [0.2, 0.25) is 0 Å². The zero-order chi connectivity index (χ0) is 13.1. The lowest BCUT2D eigenvalue weighted by Gasteiger charge is -2.48. The van der Waals surface area contributed by atoms with Crippen molar-refractivity contribution in [2.45, 2.75) is 58.9 Å². The SMILES string of the molecule is CC(C)[C@H]1CC2[C@@]3(C)CC(C[C@H]1C3)[C@@]2(C)N=C=S. The van der Waals surface area contributed by atoms with Crippen molar-refractivity contribution in [1.82, 2.24) is 0 Å². The molecule has 0 radical (unpaired) electrons. The minimum atomic E-state index is 0.0922. The van der Waals surface area contributed by atoms with Crippen molar-refractivity contribution < 1.29 is 0 Å². The van der Waals surface area contributed by atoms with Crippen LogP contribution in [-0.4, -0.2) is 10.7 Å². The van der Waals surface area contributed by atoms with E-state index in [1.165, 1.54) is 25.7 Å². The Morgan fingerprint density at radius 1 is 1.22 bits per heavy atom. The molecule has 3 aliphatic rings. The van der Waals surface area contributed by atoms with Gasteiger partial charge in [0, 0.05) is 0 Å². The molecular weight excluding hydrogens is 238 g/mol. The molecule has 6 atom stereocenters. The number of hydrogen-bond donors (Lipinski definition) is 0. The zero-order valence-corrected chi connectivity index (χ0v) is 12.9. The van der Waals surface area contributed by atoms with E-state index in [-0.39, 0.29) is 5.54 Å². The third-order valence-corrected chi connectivity index (χ3v) is 6.75. The van der Waals surface area contributed by atoms with Crippen molar-refractivity contribution in [3.05, 3.63) is 0 Å². The van der Waals surface area contributed by atoms with Gasteiger partial charge in [-0.25, -0.2) is 4.99 Å². The summed E-state index contributed by atoms with van der Waals surface area (Å²) in [5.41, 5.74) is 0.623. The number of rotatable bonds is 2. The van der Waals surface area contributed by atoms with Crippen LogP contribution >= 0.6 is 12.2 Å². The summed E-state index contributed by atoms with van der Waals surface area (Å²) in [4.78, 5) is 4.68. The molecule has 3 bridgehead atoms. The van der Waals surface area contributed by atoms with Crippen LogP contribution in [-0.2, 0) is 0 Å². The first-order chi connectivity index (χ1) is 8.40. The molecule has 18 heavy (non-hydrogen) atoms. The van der Waals surface area contributed by atoms with Crippen molar-refractivity contribution in [1.29, 1.82) is 0 Å². The third kappa shape index (κ3) is 1.51. The fraction of sp³-hybridized carbons (Fsp3) is 0.938. The van der Waals surface area contributed by atoms with Crippen LogP contribution in [0.1, 0.15) is 53.4 Å². The molecular formula is C16H25NS. The standard InChI is InChI=1S/C16H25NS/c1-10(2)13-6-14-15(3)7-11(13)5-12(8-15)16(14,4)17-9-18/h10-14H,5-8H2,1-4H3/t11-,12?,13+,14?,15+,16+/m0/s1. The van der Waals surface area contributed by atoms with E-state index in [1.807, 2.05) is 0 Å². The minimum absolute atomic E-state index is 0.0922. The van der Waals surface area contributed by atoms with Crippen LogP contribution in [0.3, 0.4) is 0 Å². The lowest BCUT2D eigenvalue weighted by molar-refractivity contribution is 0.0103. The lowest BCUT2D eigenvalue weighted by Crippen LogP contribution is -2.42. The van der Waals surface area contributed by atoms with Gasteiger partial charge in [-0.2, -0.15) is 0 Å². The molecule has 3 rings (SSSR count). The van der Waals surface area contributed by atoms with E-state index in [0.29, 0.717) is 5.41 Å². The fourth-order valence-corrected chi connectivity index (χ4v) is 6.09. The van der Waals surface area contributed by atoms with Crippen LogP contribution in [0.5, 0.6) is 0 Å². The Balaban J connectivity index is 2.03. The van der Waals surface area contributed by atoms with Crippen LogP contribution in [0.15, 0.2) is 4.99 Å². The molecule has 0 aromatic rings. The van der Waals surface area contributed by atoms with Gasteiger partial charge in [0.05, 0.1) is 10.7 Å². The molecule has 0 aromatic carbocycles. The molecule has 0 saturated heterocycles. The first-order valence-corrected chi connectivity index (χ1v) is 7.90. The fourth-order valence-electron chi connectivity index (χ4n) is 5.89. The van der Waals surface area contributed by atoms with Crippen molar-refractivity contribution in [3.63, 3.8) is 0 Å². The Morgan fingerprint density at radius 3 is 2.56 bits per heavy atom. The summed E-state index contributed by atoms with van der Waals surface area (Å²) in [6.45, 7) is 9.67. The Labute approximate surface area is 116 Å². The molecule has 0 aromatic heterocycles. The number of hydrogen-bond acceptors (Lipinski definition) is 2. The zero-order valence-electron chi connectivity index (χ0n) is 12.1. The highest BCUT2D eigenvalue weighted by Gasteiger charge is 2.65.